The number of ketones is 1. The van der Waals surface area contributed by atoms with Gasteiger partial charge in [0.2, 0.25) is 5.91 Å². The number of nitrogens with zero attached hydrogens (tertiary/aromatic N) is 1. The number of Topliss-reactive ketones (excluding diaryl/α,β-unsaturated/α-hetero) is 1. The van der Waals surface area contributed by atoms with E-state index in [-0.39, 0.29) is 28.9 Å². The summed E-state index contributed by atoms with van der Waals surface area (Å²) in [7, 11) is 0. The largest absolute Gasteiger partial charge is 0.451 e. The molecule has 31 heavy (non-hydrogen) atoms. The molecule has 4 aliphatic rings. The molecular weight excluding hydrogens is 437 g/mol. The Hall–Kier alpha value is -1.33. The summed E-state index contributed by atoms with van der Waals surface area (Å²) in [5.41, 5.74) is -0.845. The highest BCUT2D eigenvalue weighted by Crippen LogP contribution is 2.67. The second-order valence-electron chi connectivity index (χ2n) is 10.2. The summed E-state index contributed by atoms with van der Waals surface area (Å²) in [4.78, 5) is 39.2. The lowest BCUT2D eigenvalue weighted by molar-refractivity contribution is -0.185. The number of halogens is 2. The summed E-state index contributed by atoms with van der Waals surface area (Å²) in [5.74, 6) is 0.524. The maximum Gasteiger partial charge on any atom is 0.303 e. The number of hydrogen-bond donors (Lipinski definition) is 0. The summed E-state index contributed by atoms with van der Waals surface area (Å²) in [6.45, 7) is 8.37. The first-order valence-corrected chi connectivity index (χ1v) is 12.1. The Morgan fingerprint density at radius 2 is 1.87 bits per heavy atom. The van der Waals surface area contributed by atoms with Crippen LogP contribution in [-0.4, -0.2) is 47.1 Å². The van der Waals surface area contributed by atoms with Crippen molar-refractivity contribution in [1.82, 2.24) is 4.90 Å². The Morgan fingerprint density at radius 1 is 1.19 bits per heavy atom. The van der Waals surface area contributed by atoms with E-state index in [1.807, 2.05) is 4.90 Å². The zero-order chi connectivity index (χ0) is 22.8. The minimum Gasteiger partial charge on any atom is -0.451 e. The number of rotatable bonds is 4. The molecule has 1 heterocycles. The van der Waals surface area contributed by atoms with Crippen LogP contribution < -0.4 is 0 Å². The first-order valence-electron chi connectivity index (χ1n) is 11.2. The molecule has 0 aromatic rings. The molecule has 5 nitrogen and oxygen atoms in total. The quantitative estimate of drug-likeness (QED) is 0.451. The van der Waals surface area contributed by atoms with Crippen LogP contribution in [0.2, 0.25) is 0 Å². The fourth-order valence-corrected chi connectivity index (χ4v) is 8.00. The zero-order valence-corrected chi connectivity index (χ0v) is 20.2. The topological polar surface area (TPSA) is 63.7 Å². The molecule has 0 spiro atoms. The summed E-state index contributed by atoms with van der Waals surface area (Å²) in [6, 6.07) is 0. The Bertz CT molecular complexity index is 898. The predicted molar refractivity (Wildman–Crippen MR) is 120 cm³/mol. The number of amides is 1. The van der Waals surface area contributed by atoms with E-state index < -0.39 is 17.0 Å². The minimum absolute atomic E-state index is 0.0370. The zero-order valence-electron chi connectivity index (χ0n) is 18.7. The molecule has 2 fully saturated rings. The van der Waals surface area contributed by atoms with Crippen LogP contribution in [-0.2, 0) is 19.1 Å². The number of hydrogen-bond acceptors (Lipinski definition) is 4. The van der Waals surface area contributed by atoms with E-state index in [1.165, 1.54) is 6.92 Å². The number of ether oxygens (including phenoxy) is 1. The van der Waals surface area contributed by atoms with Gasteiger partial charge in [-0.1, -0.05) is 31.5 Å². The molecule has 7 heteroatoms. The third-order valence-electron chi connectivity index (χ3n) is 8.82. The molecule has 0 aromatic heterocycles. The smallest absolute Gasteiger partial charge is 0.303 e. The van der Waals surface area contributed by atoms with Gasteiger partial charge in [-0.3, -0.25) is 14.4 Å². The molecule has 4 rings (SSSR count). The number of carbonyl (C=O) groups is 3. The van der Waals surface area contributed by atoms with Crippen molar-refractivity contribution in [3.05, 3.63) is 22.8 Å². The average Bonchev–Trinajstić information content (AvgIpc) is 2.97. The van der Waals surface area contributed by atoms with Gasteiger partial charge in [0.1, 0.15) is 0 Å². The molecule has 0 aromatic carbocycles. The second-order valence-corrected chi connectivity index (χ2v) is 11.0. The minimum atomic E-state index is -1.07. The van der Waals surface area contributed by atoms with Crippen LogP contribution >= 0.6 is 23.2 Å². The first-order chi connectivity index (χ1) is 14.5. The Kier molecular flexibility index (Phi) is 5.62. The highest BCUT2D eigenvalue weighted by atomic mass is 35.5. The van der Waals surface area contributed by atoms with Crippen LogP contribution in [0.4, 0.5) is 0 Å². The number of alkyl halides is 1. The predicted octanol–water partition coefficient (Wildman–Crippen LogP) is 4.47. The van der Waals surface area contributed by atoms with Gasteiger partial charge in [-0.15, -0.1) is 11.6 Å². The van der Waals surface area contributed by atoms with E-state index in [4.69, 9.17) is 27.9 Å². The fourth-order valence-electron chi connectivity index (χ4n) is 7.38. The highest BCUT2D eigenvalue weighted by molar-refractivity contribution is 6.32. The molecule has 0 radical (unpaired) electrons. The van der Waals surface area contributed by atoms with E-state index in [0.29, 0.717) is 36.3 Å². The maximum absolute atomic E-state index is 12.8. The van der Waals surface area contributed by atoms with Gasteiger partial charge in [0.15, 0.2) is 11.4 Å². The Morgan fingerprint density at radius 3 is 2.48 bits per heavy atom. The van der Waals surface area contributed by atoms with Gasteiger partial charge >= 0.3 is 5.97 Å². The van der Waals surface area contributed by atoms with Crippen molar-refractivity contribution in [1.29, 1.82) is 0 Å². The highest BCUT2D eigenvalue weighted by Gasteiger charge is 2.67. The Labute approximate surface area is 194 Å². The van der Waals surface area contributed by atoms with Gasteiger partial charge in [0, 0.05) is 47.8 Å². The number of allylic oxidation sites excluding steroid dienone is 2. The molecule has 0 N–H and O–H groups in total. The van der Waals surface area contributed by atoms with Gasteiger partial charge in [0.25, 0.3) is 0 Å². The molecule has 6 atom stereocenters. The lowest BCUT2D eigenvalue weighted by Gasteiger charge is -2.58. The summed E-state index contributed by atoms with van der Waals surface area (Å²) in [5, 5.41) is 0.639. The first kappa shape index (κ1) is 22.8. The summed E-state index contributed by atoms with van der Waals surface area (Å²) in [6.07, 6.45) is 6.83. The number of carbonyl (C=O) groups excluding carboxylic acids is 3. The van der Waals surface area contributed by atoms with Crippen molar-refractivity contribution < 1.29 is 19.1 Å². The molecule has 170 valence electrons. The van der Waals surface area contributed by atoms with E-state index >= 15 is 0 Å². The molecule has 0 bridgehead atoms. The third kappa shape index (κ3) is 3.13. The number of fused-ring (bicyclic) bond motifs is 5. The van der Waals surface area contributed by atoms with Crippen LogP contribution in [0.3, 0.4) is 0 Å². The van der Waals surface area contributed by atoms with Crippen molar-refractivity contribution in [2.75, 3.05) is 19.0 Å². The van der Waals surface area contributed by atoms with E-state index in [0.717, 1.165) is 24.8 Å². The Balaban J connectivity index is 1.76. The SMILES string of the molecule is CC(=O)O[C@]1(C(C)=O)CC[C@H]2[C@@H]3C=C(Cl)C4=CC(=O)N(CCCl)C[C@]4(C)[C@H]3CC[C@@]21C. The molecule has 0 unspecified atom stereocenters. The van der Waals surface area contributed by atoms with Crippen LogP contribution in [0.5, 0.6) is 0 Å². The van der Waals surface area contributed by atoms with Crippen LogP contribution in [0.1, 0.15) is 53.4 Å². The number of esters is 1. The van der Waals surface area contributed by atoms with Gasteiger partial charge in [0.05, 0.1) is 0 Å². The lowest BCUT2D eigenvalue weighted by atomic mass is 9.48. The molecule has 3 aliphatic carbocycles. The van der Waals surface area contributed by atoms with Crippen molar-refractivity contribution in [3.63, 3.8) is 0 Å². The summed E-state index contributed by atoms with van der Waals surface area (Å²) >= 11 is 12.7. The van der Waals surface area contributed by atoms with Crippen molar-refractivity contribution in [2.24, 2.45) is 28.6 Å². The third-order valence-corrected chi connectivity index (χ3v) is 9.32. The maximum atomic E-state index is 12.8. The van der Waals surface area contributed by atoms with Gasteiger partial charge < -0.3 is 9.64 Å². The lowest BCUT2D eigenvalue weighted by Crippen LogP contribution is -2.59. The van der Waals surface area contributed by atoms with Crippen LogP contribution in [0.15, 0.2) is 22.8 Å². The van der Waals surface area contributed by atoms with Crippen LogP contribution in [0, 0.1) is 28.6 Å². The second kappa shape index (κ2) is 7.62. The molecule has 1 aliphatic heterocycles. The normalized spacial score (nSPS) is 41.5. The fraction of sp³-hybridized carbons (Fsp3) is 0.708. The standard InChI is InChI=1S/C24H31Cl2NO4/c1-14(28)24(31-15(2)29)8-6-18-16-11-20(26)19-12-21(30)27(10-9-25)13-22(19,3)17(16)5-7-23(18,24)4/h11-12,16-18H,5-10,13H2,1-4H3/t16-,17+,18+,22-,23+,24+/m1/s1. The van der Waals surface area contributed by atoms with Crippen LogP contribution in [0.25, 0.3) is 0 Å². The average molecular weight is 468 g/mol. The van der Waals surface area contributed by atoms with Gasteiger partial charge in [-0.25, -0.2) is 0 Å². The monoisotopic (exact) mass is 467 g/mol. The van der Waals surface area contributed by atoms with Gasteiger partial charge in [-0.2, -0.15) is 0 Å². The summed E-state index contributed by atoms with van der Waals surface area (Å²) < 4.78 is 5.81. The molecule has 1 amide bonds. The molecular formula is C24H31Cl2NO4. The van der Waals surface area contributed by atoms with Crippen molar-refractivity contribution >= 4 is 40.9 Å². The van der Waals surface area contributed by atoms with E-state index in [9.17, 15) is 14.4 Å². The molecule has 0 saturated heterocycles. The van der Waals surface area contributed by atoms with E-state index in [2.05, 4.69) is 19.9 Å². The van der Waals surface area contributed by atoms with Crippen molar-refractivity contribution in [2.45, 2.75) is 59.0 Å². The van der Waals surface area contributed by atoms with Crippen molar-refractivity contribution in [3.8, 4) is 0 Å². The van der Waals surface area contributed by atoms with E-state index in [1.54, 1.807) is 13.0 Å². The molecule has 2 saturated carbocycles. The van der Waals surface area contributed by atoms with Gasteiger partial charge in [-0.05, 0) is 55.9 Å².